The molecular weight excluding hydrogens is 399 g/mol. The largest absolute Gasteiger partial charge is 0.350 e. The van der Waals surface area contributed by atoms with Crippen LogP contribution in [0.3, 0.4) is 0 Å². The van der Waals surface area contributed by atoms with E-state index in [-0.39, 0.29) is 24.2 Å². The molecule has 3 aromatic heterocycles. The molecule has 0 aromatic carbocycles. The van der Waals surface area contributed by atoms with Crippen molar-refractivity contribution in [1.29, 1.82) is 0 Å². The Labute approximate surface area is 178 Å². The lowest BCUT2D eigenvalue weighted by molar-refractivity contribution is 0.0656. The van der Waals surface area contributed by atoms with Crippen molar-refractivity contribution in [3.63, 3.8) is 0 Å². The molecule has 1 fully saturated rings. The first-order chi connectivity index (χ1) is 15.0. The molecule has 2 aliphatic rings. The number of fused-ring (bicyclic) bond motifs is 2. The molecule has 5 heterocycles. The van der Waals surface area contributed by atoms with Gasteiger partial charge < -0.3 is 9.80 Å². The molecule has 31 heavy (non-hydrogen) atoms. The molecule has 8 nitrogen and oxygen atoms in total. The van der Waals surface area contributed by atoms with Crippen LogP contribution in [0.1, 0.15) is 35.2 Å². The van der Waals surface area contributed by atoms with Crippen LogP contribution in [0, 0.1) is 5.92 Å². The van der Waals surface area contributed by atoms with E-state index in [0.29, 0.717) is 24.3 Å². The summed E-state index contributed by atoms with van der Waals surface area (Å²) in [5, 5.41) is 4.27. The second kappa shape index (κ2) is 7.79. The van der Waals surface area contributed by atoms with Crippen LogP contribution in [0.2, 0.25) is 0 Å². The third kappa shape index (κ3) is 3.47. The van der Waals surface area contributed by atoms with Gasteiger partial charge in [0.15, 0.2) is 5.65 Å². The predicted molar refractivity (Wildman–Crippen MR) is 115 cm³/mol. The van der Waals surface area contributed by atoms with Gasteiger partial charge in [-0.05, 0) is 43.4 Å². The van der Waals surface area contributed by atoms with E-state index in [0.717, 1.165) is 49.3 Å². The van der Waals surface area contributed by atoms with Crippen molar-refractivity contribution in [2.24, 2.45) is 13.0 Å². The zero-order chi connectivity index (χ0) is 21.5. The smallest absolute Gasteiger partial charge is 0.338 e. The first-order valence-electron chi connectivity index (χ1n) is 10.7. The Morgan fingerprint density at radius 1 is 1.26 bits per heavy atom. The summed E-state index contributed by atoms with van der Waals surface area (Å²) in [5.41, 5.74) is 2.89. The molecular formula is C22H25FN6O2. The van der Waals surface area contributed by atoms with Gasteiger partial charge in [0.1, 0.15) is 5.82 Å². The molecule has 2 aliphatic heterocycles. The summed E-state index contributed by atoms with van der Waals surface area (Å²) < 4.78 is 15.9. The summed E-state index contributed by atoms with van der Waals surface area (Å²) in [6.07, 6.45) is 6.81. The van der Waals surface area contributed by atoms with E-state index >= 15 is 0 Å². The number of rotatable bonds is 3. The van der Waals surface area contributed by atoms with Crippen LogP contribution in [0.4, 0.5) is 15.9 Å². The molecule has 1 atom stereocenters. The predicted octanol–water partition coefficient (Wildman–Crippen LogP) is 2.33. The quantitative estimate of drug-likeness (QED) is 0.645. The van der Waals surface area contributed by atoms with Gasteiger partial charge in [-0.3, -0.25) is 13.6 Å². The zero-order valence-corrected chi connectivity index (χ0v) is 17.5. The number of halogens is 1. The number of carbonyl (C=O) groups excluding carboxylic acids is 1. The molecule has 0 N–H and O–H groups in total. The fourth-order valence-corrected chi connectivity index (χ4v) is 4.63. The van der Waals surface area contributed by atoms with E-state index in [2.05, 4.69) is 15.0 Å². The van der Waals surface area contributed by atoms with Crippen LogP contribution in [0.15, 0.2) is 35.4 Å². The number of hydrogen-bond acceptors (Lipinski definition) is 5. The standard InChI is InChI=1S/C22H25FN6O2/c1-26-22(31)29-9-6-18(11-19(29)25-26)28-8-3-5-16-10-17(13-24-20(16)28)21(30)27-7-2-4-15(12-23)14-27/h6,9-11,13,15H,2-5,7-8,12,14H2,1H3/t15-/m0/s1. The summed E-state index contributed by atoms with van der Waals surface area (Å²) in [4.78, 5) is 33.6. The number of anilines is 2. The van der Waals surface area contributed by atoms with Crippen molar-refractivity contribution < 1.29 is 9.18 Å². The summed E-state index contributed by atoms with van der Waals surface area (Å²) in [5.74, 6) is 0.693. The number of likely N-dealkylation sites (tertiary alicyclic amines) is 1. The monoisotopic (exact) mass is 424 g/mol. The third-order valence-electron chi connectivity index (χ3n) is 6.26. The van der Waals surface area contributed by atoms with Crippen LogP contribution in [0.5, 0.6) is 0 Å². The third-order valence-corrected chi connectivity index (χ3v) is 6.26. The number of hydrogen-bond donors (Lipinski definition) is 0. The maximum Gasteiger partial charge on any atom is 0.350 e. The average molecular weight is 424 g/mol. The van der Waals surface area contributed by atoms with Gasteiger partial charge in [-0.25, -0.2) is 14.5 Å². The van der Waals surface area contributed by atoms with Crippen LogP contribution < -0.4 is 10.6 Å². The van der Waals surface area contributed by atoms with Crippen molar-refractivity contribution in [3.05, 3.63) is 52.2 Å². The van der Waals surface area contributed by atoms with Crippen molar-refractivity contribution in [2.45, 2.75) is 25.7 Å². The van der Waals surface area contributed by atoms with Crippen molar-refractivity contribution >= 4 is 23.1 Å². The van der Waals surface area contributed by atoms with Gasteiger partial charge in [-0.2, -0.15) is 5.10 Å². The van der Waals surface area contributed by atoms with E-state index in [4.69, 9.17) is 0 Å². The Kier molecular flexibility index (Phi) is 4.95. The number of piperidine rings is 1. The topological polar surface area (TPSA) is 75.7 Å². The maximum atomic E-state index is 13.1. The van der Waals surface area contributed by atoms with E-state index in [1.807, 2.05) is 18.2 Å². The molecule has 0 bridgehead atoms. The molecule has 1 saturated heterocycles. The highest BCUT2D eigenvalue weighted by atomic mass is 19.1. The molecule has 3 aromatic rings. The van der Waals surface area contributed by atoms with Gasteiger partial charge in [0.05, 0.1) is 12.2 Å². The zero-order valence-electron chi connectivity index (χ0n) is 17.5. The minimum absolute atomic E-state index is 0.0622. The molecule has 0 radical (unpaired) electrons. The normalized spacial score (nSPS) is 19.0. The highest BCUT2D eigenvalue weighted by molar-refractivity contribution is 5.94. The Morgan fingerprint density at radius 3 is 2.97 bits per heavy atom. The molecule has 0 saturated carbocycles. The minimum Gasteiger partial charge on any atom is -0.338 e. The summed E-state index contributed by atoms with van der Waals surface area (Å²) >= 11 is 0. The molecule has 1 amide bonds. The number of alkyl halides is 1. The van der Waals surface area contributed by atoms with Gasteiger partial charge in [0, 0.05) is 56.7 Å². The summed E-state index contributed by atoms with van der Waals surface area (Å²) in [6.45, 7) is 1.56. The van der Waals surface area contributed by atoms with E-state index in [1.165, 1.54) is 9.08 Å². The number of carbonyl (C=O) groups is 1. The van der Waals surface area contributed by atoms with Crippen molar-refractivity contribution in [1.82, 2.24) is 24.1 Å². The number of aromatic nitrogens is 4. The lowest BCUT2D eigenvalue weighted by Gasteiger charge is -2.33. The number of aryl methyl sites for hydroxylation is 2. The van der Waals surface area contributed by atoms with E-state index in [1.54, 1.807) is 24.3 Å². The summed E-state index contributed by atoms with van der Waals surface area (Å²) in [7, 11) is 1.63. The molecule has 5 rings (SSSR count). The minimum atomic E-state index is -0.381. The van der Waals surface area contributed by atoms with Gasteiger partial charge in [0.2, 0.25) is 0 Å². The van der Waals surface area contributed by atoms with E-state index < -0.39 is 0 Å². The summed E-state index contributed by atoms with van der Waals surface area (Å²) in [6, 6.07) is 5.69. The lowest BCUT2D eigenvalue weighted by atomic mass is 9.98. The Bertz CT molecular complexity index is 1200. The van der Waals surface area contributed by atoms with E-state index in [9.17, 15) is 14.0 Å². The van der Waals surface area contributed by atoms with Gasteiger partial charge in [-0.1, -0.05) is 0 Å². The Hall–Kier alpha value is -3.23. The van der Waals surface area contributed by atoms with Crippen molar-refractivity contribution in [3.8, 4) is 0 Å². The van der Waals surface area contributed by atoms with Gasteiger partial charge >= 0.3 is 5.69 Å². The van der Waals surface area contributed by atoms with Crippen LogP contribution in [-0.4, -0.2) is 56.3 Å². The first kappa shape index (κ1) is 19.7. The Balaban J connectivity index is 1.44. The lowest BCUT2D eigenvalue weighted by Crippen LogP contribution is -2.40. The second-order valence-electron chi connectivity index (χ2n) is 8.39. The molecule has 0 unspecified atom stereocenters. The van der Waals surface area contributed by atoms with Crippen molar-refractivity contribution in [2.75, 3.05) is 31.2 Å². The van der Waals surface area contributed by atoms with Gasteiger partial charge in [0.25, 0.3) is 5.91 Å². The fraction of sp³-hybridized carbons (Fsp3) is 0.455. The number of pyridine rings is 2. The highest BCUT2D eigenvalue weighted by Crippen LogP contribution is 2.32. The SMILES string of the molecule is Cn1nc2cc(N3CCCc4cc(C(=O)N5CCC[C@@H](CF)C5)cnc43)ccn2c1=O. The van der Waals surface area contributed by atoms with Crippen LogP contribution in [-0.2, 0) is 13.5 Å². The molecule has 9 heteroatoms. The maximum absolute atomic E-state index is 13.1. The fourth-order valence-electron chi connectivity index (χ4n) is 4.63. The van der Waals surface area contributed by atoms with Crippen LogP contribution >= 0.6 is 0 Å². The number of nitrogens with zero attached hydrogens (tertiary/aromatic N) is 6. The number of amides is 1. The van der Waals surface area contributed by atoms with Gasteiger partial charge in [-0.15, -0.1) is 0 Å². The average Bonchev–Trinajstić information content (AvgIpc) is 3.10. The molecule has 0 spiro atoms. The first-order valence-corrected chi connectivity index (χ1v) is 10.7. The molecule has 0 aliphatic carbocycles. The second-order valence-corrected chi connectivity index (χ2v) is 8.39. The Morgan fingerprint density at radius 2 is 2.13 bits per heavy atom. The van der Waals surface area contributed by atoms with Crippen LogP contribution in [0.25, 0.3) is 5.65 Å². The highest BCUT2D eigenvalue weighted by Gasteiger charge is 2.27. The molecule has 162 valence electrons.